The highest BCUT2D eigenvalue weighted by molar-refractivity contribution is 14.1. The lowest BCUT2D eigenvalue weighted by atomic mass is 9.94. The Morgan fingerprint density at radius 2 is 2.25 bits per heavy atom. The predicted octanol–water partition coefficient (Wildman–Crippen LogP) is 4.20. The highest BCUT2D eigenvalue weighted by Gasteiger charge is 2.10. The average Bonchev–Trinajstić information content (AvgIpc) is 2.29. The van der Waals surface area contributed by atoms with Gasteiger partial charge in [0.2, 0.25) is 0 Å². The number of anilines is 1. The number of hydrogen-bond donors (Lipinski definition) is 1. The molecule has 0 bridgehead atoms. The summed E-state index contributed by atoms with van der Waals surface area (Å²) in [6.45, 7) is 0.978. The molecule has 1 aliphatic rings. The Morgan fingerprint density at radius 3 is 2.94 bits per heavy atom. The zero-order chi connectivity index (χ0) is 11.4. The first kappa shape index (κ1) is 11.9. The molecule has 1 aromatic carbocycles. The molecule has 1 atom stereocenters. The lowest BCUT2D eigenvalue weighted by molar-refractivity contribution is 0.504. The summed E-state index contributed by atoms with van der Waals surface area (Å²) in [5.74, 6) is 0.543. The van der Waals surface area contributed by atoms with Crippen LogP contribution in [0.2, 0.25) is 0 Å². The average molecular weight is 331 g/mol. The zero-order valence-corrected chi connectivity index (χ0v) is 11.2. The number of benzene rings is 1. The highest BCUT2D eigenvalue weighted by atomic mass is 127. The van der Waals surface area contributed by atoms with E-state index in [2.05, 4.69) is 40.1 Å². The molecule has 3 heteroatoms. The van der Waals surface area contributed by atoms with Gasteiger partial charge in [-0.3, -0.25) is 0 Å². The molecule has 0 radical (unpaired) electrons. The second-order valence-corrected chi connectivity index (χ2v) is 5.32. The topological polar surface area (TPSA) is 12.0 Å². The van der Waals surface area contributed by atoms with E-state index in [1.165, 1.54) is 18.9 Å². The summed E-state index contributed by atoms with van der Waals surface area (Å²) in [5, 5.41) is 3.40. The maximum absolute atomic E-state index is 12.9. The number of hydrogen-bond acceptors (Lipinski definition) is 1. The smallest absolute Gasteiger partial charge is 0.124 e. The van der Waals surface area contributed by atoms with Gasteiger partial charge in [0.05, 0.1) is 0 Å². The van der Waals surface area contributed by atoms with Crippen molar-refractivity contribution in [3.8, 4) is 0 Å². The van der Waals surface area contributed by atoms with Crippen LogP contribution in [0.15, 0.2) is 30.4 Å². The third-order valence-electron chi connectivity index (χ3n) is 2.89. The predicted molar refractivity (Wildman–Crippen MR) is 74.1 cm³/mol. The van der Waals surface area contributed by atoms with Gasteiger partial charge in [0.1, 0.15) is 5.82 Å². The minimum absolute atomic E-state index is 0.171. The molecule has 1 aromatic rings. The van der Waals surface area contributed by atoms with Gasteiger partial charge >= 0.3 is 0 Å². The summed E-state index contributed by atoms with van der Waals surface area (Å²) in [6, 6.07) is 4.88. The lowest BCUT2D eigenvalue weighted by Gasteiger charge is -2.19. The van der Waals surface area contributed by atoms with Crippen LogP contribution in [0.3, 0.4) is 0 Å². The van der Waals surface area contributed by atoms with E-state index in [9.17, 15) is 4.39 Å². The summed E-state index contributed by atoms with van der Waals surface area (Å²) in [7, 11) is 0. The summed E-state index contributed by atoms with van der Waals surface area (Å²) < 4.78 is 13.8. The molecule has 1 unspecified atom stereocenters. The number of rotatable bonds is 3. The van der Waals surface area contributed by atoms with Gasteiger partial charge in [0.15, 0.2) is 0 Å². The van der Waals surface area contributed by atoms with Gasteiger partial charge in [-0.25, -0.2) is 4.39 Å². The van der Waals surface area contributed by atoms with Crippen molar-refractivity contribution in [1.29, 1.82) is 0 Å². The van der Waals surface area contributed by atoms with Gasteiger partial charge in [-0.15, -0.1) is 0 Å². The van der Waals surface area contributed by atoms with Gasteiger partial charge in [-0.1, -0.05) is 12.2 Å². The normalized spacial score (nSPS) is 19.8. The summed E-state index contributed by atoms with van der Waals surface area (Å²) in [5.41, 5.74) is 1.04. The van der Waals surface area contributed by atoms with Crippen molar-refractivity contribution in [2.75, 3.05) is 11.9 Å². The van der Waals surface area contributed by atoms with Crippen LogP contribution in [-0.2, 0) is 0 Å². The van der Waals surface area contributed by atoms with Crippen molar-refractivity contribution in [3.05, 3.63) is 39.7 Å². The highest BCUT2D eigenvalue weighted by Crippen LogP contribution is 2.22. The molecule has 0 fully saturated rings. The molecule has 1 aliphatic carbocycles. The Hall–Kier alpha value is -0.580. The van der Waals surface area contributed by atoms with Gasteiger partial charge in [0.25, 0.3) is 0 Å². The van der Waals surface area contributed by atoms with E-state index >= 15 is 0 Å². The molecule has 0 aliphatic heterocycles. The van der Waals surface area contributed by atoms with E-state index in [1.54, 1.807) is 6.07 Å². The van der Waals surface area contributed by atoms with Gasteiger partial charge in [-0.05, 0) is 66.0 Å². The van der Waals surface area contributed by atoms with Crippen molar-refractivity contribution >= 4 is 28.3 Å². The van der Waals surface area contributed by atoms with Crippen LogP contribution in [0.25, 0.3) is 0 Å². The quantitative estimate of drug-likeness (QED) is 0.647. The monoisotopic (exact) mass is 331 g/mol. The summed E-state index contributed by atoms with van der Waals surface area (Å²) >= 11 is 2.16. The Balaban J connectivity index is 1.91. The number of halogens is 2. The number of nitrogens with one attached hydrogen (secondary N) is 1. The van der Waals surface area contributed by atoms with Gasteiger partial charge in [-0.2, -0.15) is 0 Å². The minimum Gasteiger partial charge on any atom is -0.384 e. The number of allylic oxidation sites excluding steroid dienone is 2. The van der Waals surface area contributed by atoms with E-state index in [0.717, 1.165) is 22.2 Å². The van der Waals surface area contributed by atoms with E-state index in [-0.39, 0.29) is 5.82 Å². The third kappa shape index (κ3) is 3.20. The minimum atomic E-state index is -0.171. The molecule has 2 rings (SSSR count). The Bertz CT molecular complexity index is 390. The van der Waals surface area contributed by atoms with Crippen molar-refractivity contribution in [2.24, 2.45) is 5.92 Å². The second kappa shape index (κ2) is 5.66. The van der Waals surface area contributed by atoms with Crippen LogP contribution in [0.5, 0.6) is 0 Å². The van der Waals surface area contributed by atoms with Crippen molar-refractivity contribution in [1.82, 2.24) is 0 Å². The van der Waals surface area contributed by atoms with Crippen LogP contribution >= 0.6 is 22.6 Å². The van der Waals surface area contributed by atoms with Crippen LogP contribution in [0.4, 0.5) is 10.1 Å². The molecule has 1 nitrogen and oxygen atoms in total. The molecule has 1 N–H and O–H groups in total. The van der Waals surface area contributed by atoms with Crippen LogP contribution in [-0.4, -0.2) is 6.54 Å². The summed E-state index contributed by atoms with van der Waals surface area (Å²) in [6.07, 6.45) is 8.10. The maximum atomic E-state index is 12.9. The largest absolute Gasteiger partial charge is 0.384 e. The van der Waals surface area contributed by atoms with E-state index in [0.29, 0.717) is 5.92 Å². The van der Waals surface area contributed by atoms with Crippen LogP contribution < -0.4 is 5.32 Å². The maximum Gasteiger partial charge on any atom is 0.124 e. The molecule has 0 spiro atoms. The Morgan fingerprint density at radius 1 is 1.38 bits per heavy atom. The molecule has 16 heavy (non-hydrogen) atoms. The van der Waals surface area contributed by atoms with Crippen molar-refractivity contribution < 1.29 is 4.39 Å². The second-order valence-electron chi connectivity index (χ2n) is 4.16. The molecule has 0 saturated heterocycles. The van der Waals surface area contributed by atoms with E-state index in [4.69, 9.17) is 0 Å². The molecule has 0 amide bonds. The Kier molecular flexibility index (Phi) is 4.21. The molecular weight excluding hydrogens is 316 g/mol. The first-order valence-electron chi connectivity index (χ1n) is 5.59. The fraction of sp³-hybridized carbons (Fsp3) is 0.385. The molecule has 0 heterocycles. The van der Waals surface area contributed by atoms with Gasteiger partial charge < -0.3 is 5.32 Å². The van der Waals surface area contributed by atoms with E-state index < -0.39 is 0 Å². The van der Waals surface area contributed by atoms with Crippen molar-refractivity contribution in [2.45, 2.75) is 19.3 Å². The van der Waals surface area contributed by atoms with Gasteiger partial charge in [0, 0.05) is 15.8 Å². The third-order valence-corrected chi connectivity index (χ3v) is 3.78. The molecule has 86 valence electrons. The fourth-order valence-electron chi connectivity index (χ4n) is 1.93. The molecule has 0 saturated carbocycles. The summed E-state index contributed by atoms with van der Waals surface area (Å²) in [4.78, 5) is 0. The zero-order valence-electron chi connectivity index (χ0n) is 9.05. The lowest BCUT2D eigenvalue weighted by Crippen LogP contribution is -2.15. The molecule has 0 aromatic heterocycles. The van der Waals surface area contributed by atoms with Crippen LogP contribution in [0.1, 0.15) is 19.3 Å². The SMILES string of the molecule is Fc1ccc(NCC2CC=CCC2)c(I)c1. The molecular formula is C13H15FIN. The van der Waals surface area contributed by atoms with Crippen LogP contribution in [0, 0.1) is 15.3 Å². The standard InChI is InChI=1S/C13H15FIN/c14-11-6-7-13(12(15)8-11)16-9-10-4-2-1-3-5-10/h1-2,6-8,10,16H,3-5,9H2. The van der Waals surface area contributed by atoms with Crippen molar-refractivity contribution in [3.63, 3.8) is 0 Å². The first-order chi connectivity index (χ1) is 7.75. The first-order valence-corrected chi connectivity index (χ1v) is 6.67. The fourth-order valence-corrected chi connectivity index (χ4v) is 2.60. The van der Waals surface area contributed by atoms with E-state index in [1.807, 2.05) is 6.07 Å². The Labute approximate surface area is 109 Å².